The van der Waals surface area contributed by atoms with Gasteiger partial charge < -0.3 is 14.8 Å². The number of halogens is 1. The SMILES string of the molecule is O=C(NCc1cc(-c2ccc(F)cc2)ncn1)c1cc(-c2ccc3c(c2)OCO3)n[nH]1. The molecule has 5 rings (SSSR count). The summed E-state index contributed by atoms with van der Waals surface area (Å²) in [6.45, 7) is 0.396. The minimum absolute atomic E-state index is 0.193. The van der Waals surface area contributed by atoms with Crippen molar-refractivity contribution in [1.82, 2.24) is 25.5 Å². The Kier molecular flexibility index (Phi) is 4.75. The van der Waals surface area contributed by atoms with Crippen LogP contribution in [0.25, 0.3) is 22.5 Å². The molecule has 0 aliphatic carbocycles. The Morgan fingerprint density at radius 2 is 1.77 bits per heavy atom. The topological polar surface area (TPSA) is 102 Å². The van der Waals surface area contributed by atoms with Crippen LogP contribution in [0.2, 0.25) is 0 Å². The lowest BCUT2D eigenvalue weighted by Crippen LogP contribution is -2.23. The normalized spacial score (nSPS) is 12.0. The summed E-state index contributed by atoms with van der Waals surface area (Å²) in [5, 5.41) is 9.76. The van der Waals surface area contributed by atoms with E-state index in [0.29, 0.717) is 34.3 Å². The second-order valence-electron chi connectivity index (χ2n) is 6.82. The Morgan fingerprint density at radius 3 is 2.65 bits per heavy atom. The van der Waals surface area contributed by atoms with Crippen LogP contribution in [-0.2, 0) is 6.54 Å². The number of hydrogen-bond acceptors (Lipinski definition) is 6. The summed E-state index contributed by atoms with van der Waals surface area (Å²) < 4.78 is 23.8. The van der Waals surface area contributed by atoms with Gasteiger partial charge in [0, 0.05) is 11.1 Å². The highest BCUT2D eigenvalue weighted by Gasteiger charge is 2.16. The number of fused-ring (bicyclic) bond motifs is 1. The molecule has 3 heterocycles. The lowest BCUT2D eigenvalue weighted by molar-refractivity contribution is 0.0945. The third kappa shape index (κ3) is 3.93. The van der Waals surface area contributed by atoms with Gasteiger partial charge in [-0.15, -0.1) is 0 Å². The molecule has 1 aliphatic rings. The molecule has 0 saturated carbocycles. The average Bonchev–Trinajstić information content (AvgIpc) is 3.47. The number of aromatic nitrogens is 4. The first kappa shape index (κ1) is 18.7. The molecule has 0 bridgehead atoms. The first-order valence-electron chi connectivity index (χ1n) is 9.46. The monoisotopic (exact) mass is 417 g/mol. The molecular formula is C22H16FN5O3. The smallest absolute Gasteiger partial charge is 0.269 e. The first-order valence-corrected chi connectivity index (χ1v) is 9.46. The quantitative estimate of drug-likeness (QED) is 0.517. The van der Waals surface area contributed by atoms with Crippen LogP contribution in [0.3, 0.4) is 0 Å². The van der Waals surface area contributed by atoms with Crippen LogP contribution in [-0.4, -0.2) is 32.9 Å². The van der Waals surface area contributed by atoms with Crippen LogP contribution in [0.1, 0.15) is 16.2 Å². The summed E-state index contributed by atoms with van der Waals surface area (Å²) in [6.07, 6.45) is 1.41. The highest BCUT2D eigenvalue weighted by Crippen LogP contribution is 2.35. The van der Waals surface area contributed by atoms with E-state index >= 15 is 0 Å². The van der Waals surface area contributed by atoms with Gasteiger partial charge in [0.15, 0.2) is 11.5 Å². The Morgan fingerprint density at radius 1 is 0.968 bits per heavy atom. The van der Waals surface area contributed by atoms with E-state index in [1.54, 1.807) is 30.3 Å². The Bertz CT molecular complexity index is 1260. The maximum absolute atomic E-state index is 13.1. The molecule has 4 aromatic rings. The Balaban J connectivity index is 1.26. The minimum atomic E-state index is -0.318. The van der Waals surface area contributed by atoms with Gasteiger partial charge in [-0.05, 0) is 54.6 Å². The number of carbonyl (C=O) groups excluding carboxylic acids is 1. The van der Waals surface area contributed by atoms with Gasteiger partial charge in [0.2, 0.25) is 6.79 Å². The summed E-state index contributed by atoms with van der Waals surface area (Å²) >= 11 is 0. The zero-order chi connectivity index (χ0) is 21.2. The van der Waals surface area contributed by atoms with E-state index in [0.717, 1.165) is 11.1 Å². The van der Waals surface area contributed by atoms with Crippen LogP contribution >= 0.6 is 0 Å². The second kappa shape index (κ2) is 7.86. The number of hydrogen-bond donors (Lipinski definition) is 2. The molecule has 8 nitrogen and oxygen atoms in total. The number of ether oxygens (including phenoxy) is 2. The van der Waals surface area contributed by atoms with Crippen molar-refractivity contribution in [1.29, 1.82) is 0 Å². The van der Waals surface area contributed by atoms with Crippen molar-refractivity contribution in [2.45, 2.75) is 6.54 Å². The summed E-state index contributed by atoms with van der Waals surface area (Å²) in [5.41, 5.74) is 3.77. The predicted molar refractivity (Wildman–Crippen MR) is 109 cm³/mol. The number of benzene rings is 2. The highest BCUT2D eigenvalue weighted by molar-refractivity contribution is 5.93. The largest absolute Gasteiger partial charge is 0.454 e. The number of nitrogens with one attached hydrogen (secondary N) is 2. The summed E-state index contributed by atoms with van der Waals surface area (Å²) in [4.78, 5) is 20.9. The molecule has 0 fully saturated rings. The van der Waals surface area contributed by atoms with Crippen molar-refractivity contribution >= 4 is 5.91 Å². The van der Waals surface area contributed by atoms with Gasteiger partial charge in [-0.1, -0.05) is 0 Å². The van der Waals surface area contributed by atoms with Crippen LogP contribution in [0.5, 0.6) is 11.5 Å². The fraction of sp³-hybridized carbons (Fsp3) is 0.0909. The molecule has 0 spiro atoms. The van der Waals surface area contributed by atoms with Crippen LogP contribution in [0, 0.1) is 5.82 Å². The van der Waals surface area contributed by atoms with E-state index in [1.165, 1.54) is 18.5 Å². The number of amides is 1. The second-order valence-corrected chi connectivity index (χ2v) is 6.82. The zero-order valence-corrected chi connectivity index (χ0v) is 16.1. The van der Waals surface area contributed by atoms with E-state index in [9.17, 15) is 9.18 Å². The number of H-pyrrole nitrogens is 1. The van der Waals surface area contributed by atoms with Gasteiger partial charge in [0.1, 0.15) is 17.8 Å². The zero-order valence-electron chi connectivity index (χ0n) is 16.1. The van der Waals surface area contributed by atoms with E-state index < -0.39 is 0 Å². The van der Waals surface area contributed by atoms with Gasteiger partial charge in [-0.3, -0.25) is 9.89 Å². The molecule has 2 aromatic heterocycles. The molecule has 0 unspecified atom stereocenters. The lowest BCUT2D eigenvalue weighted by atomic mass is 10.1. The number of carbonyl (C=O) groups is 1. The molecule has 0 saturated heterocycles. The van der Waals surface area contributed by atoms with Crippen molar-refractivity contribution in [2.75, 3.05) is 6.79 Å². The van der Waals surface area contributed by atoms with Gasteiger partial charge in [0.25, 0.3) is 5.91 Å². The molecule has 31 heavy (non-hydrogen) atoms. The molecule has 1 amide bonds. The molecule has 154 valence electrons. The molecule has 2 aromatic carbocycles. The standard InChI is InChI=1S/C22H16FN5O3/c23-15-4-1-13(2-5-15)17-8-16(25-11-26-17)10-24-22(29)19-9-18(27-28-19)14-3-6-20-21(7-14)31-12-30-20/h1-9,11H,10,12H2,(H,24,29)(H,27,28). The predicted octanol–water partition coefficient (Wildman–Crippen LogP) is 3.33. The lowest BCUT2D eigenvalue weighted by Gasteiger charge is -2.05. The van der Waals surface area contributed by atoms with Crippen molar-refractivity contribution in [3.8, 4) is 34.0 Å². The summed E-state index contributed by atoms with van der Waals surface area (Å²) in [7, 11) is 0. The number of aromatic amines is 1. The third-order valence-electron chi connectivity index (χ3n) is 4.78. The van der Waals surface area contributed by atoms with Crippen molar-refractivity contribution in [3.05, 3.63) is 78.1 Å². The minimum Gasteiger partial charge on any atom is -0.454 e. The Labute approximate surface area is 176 Å². The average molecular weight is 417 g/mol. The van der Waals surface area contributed by atoms with E-state index in [4.69, 9.17) is 9.47 Å². The molecule has 9 heteroatoms. The van der Waals surface area contributed by atoms with E-state index in [1.807, 2.05) is 12.1 Å². The van der Waals surface area contributed by atoms with Crippen molar-refractivity contribution in [2.24, 2.45) is 0 Å². The Hall–Kier alpha value is -4.27. The molecular weight excluding hydrogens is 401 g/mol. The van der Waals surface area contributed by atoms with Gasteiger partial charge in [-0.25, -0.2) is 14.4 Å². The van der Waals surface area contributed by atoms with Crippen molar-refractivity contribution in [3.63, 3.8) is 0 Å². The maximum atomic E-state index is 13.1. The third-order valence-corrected chi connectivity index (χ3v) is 4.78. The molecule has 0 atom stereocenters. The van der Waals surface area contributed by atoms with Crippen LogP contribution < -0.4 is 14.8 Å². The van der Waals surface area contributed by atoms with Crippen LogP contribution in [0.4, 0.5) is 4.39 Å². The highest BCUT2D eigenvalue weighted by atomic mass is 19.1. The van der Waals surface area contributed by atoms with Gasteiger partial charge in [0.05, 0.1) is 23.6 Å². The van der Waals surface area contributed by atoms with E-state index in [2.05, 4.69) is 25.5 Å². The van der Waals surface area contributed by atoms with Gasteiger partial charge >= 0.3 is 0 Å². The molecule has 2 N–H and O–H groups in total. The van der Waals surface area contributed by atoms with Crippen molar-refractivity contribution < 1.29 is 18.7 Å². The molecule has 0 radical (unpaired) electrons. The fourth-order valence-corrected chi connectivity index (χ4v) is 3.18. The number of nitrogens with zero attached hydrogens (tertiary/aromatic N) is 3. The van der Waals surface area contributed by atoms with E-state index in [-0.39, 0.29) is 25.1 Å². The molecule has 1 aliphatic heterocycles. The number of rotatable bonds is 5. The summed E-state index contributed by atoms with van der Waals surface area (Å²) in [5.74, 6) is 0.695. The van der Waals surface area contributed by atoms with Crippen LogP contribution in [0.15, 0.2) is 60.9 Å². The maximum Gasteiger partial charge on any atom is 0.269 e. The fourth-order valence-electron chi connectivity index (χ4n) is 3.18. The van der Waals surface area contributed by atoms with Gasteiger partial charge in [-0.2, -0.15) is 5.10 Å². The first-order chi connectivity index (χ1) is 15.2. The summed E-state index contributed by atoms with van der Waals surface area (Å²) in [6, 6.07) is 14.9.